The molecule has 1 saturated heterocycles. The molecule has 0 aliphatic carbocycles. The van der Waals surface area contributed by atoms with Crippen molar-refractivity contribution in [1.29, 1.82) is 0 Å². The van der Waals surface area contributed by atoms with Crippen molar-refractivity contribution < 1.29 is 38.3 Å². The van der Waals surface area contributed by atoms with Crippen LogP contribution < -0.4 is 19.5 Å². The molecule has 5 rings (SSSR count). The normalized spacial score (nSPS) is 18.6. The van der Waals surface area contributed by atoms with Crippen LogP contribution in [0.25, 0.3) is 10.8 Å². The molecule has 0 aromatic heterocycles. The van der Waals surface area contributed by atoms with E-state index in [9.17, 15) is 5.11 Å². The van der Waals surface area contributed by atoms with Gasteiger partial charge < -0.3 is 43.6 Å². The minimum Gasteiger partial charge on any atom is -0.496 e. The maximum absolute atomic E-state index is 10.3. The van der Waals surface area contributed by atoms with E-state index in [1.807, 2.05) is 54.6 Å². The Morgan fingerprint density at radius 2 is 1.51 bits per heavy atom. The number of aliphatic hydroxyl groups excluding tert-OH is 1. The zero-order chi connectivity index (χ0) is 32.8. The highest BCUT2D eigenvalue weighted by Crippen LogP contribution is 2.33. The molecule has 4 aromatic carbocycles. The summed E-state index contributed by atoms with van der Waals surface area (Å²) in [6.45, 7) is 3.74. The fraction of sp³-hybridized carbons (Fsp3) is 0.421. The second kappa shape index (κ2) is 18.0. The molecule has 0 bridgehead atoms. The van der Waals surface area contributed by atoms with Gasteiger partial charge in [-0.05, 0) is 46.8 Å². The smallest absolute Gasteiger partial charge is 0.127 e. The van der Waals surface area contributed by atoms with E-state index in [0.29, 0.717) is 39.5 Å². The van der Waals surface area contributed by atoms with Crippen LogP contribution in [-0.4, -0.2) is 84.3 Å². The maximum Gasteiger partial charge on any atom is 0.127 e. The number of nitrogens with one attached hydrogen (secondary N) is 1. The van der Waals surface area contributed by atoms with Gasteiger partial charge in [0.05, 0.1) is 66.1 Å². The van der Waals surface area contributed by atoms with Gasteiger partial charge in [0.25, 0.3) is 0 Å². The fourth-order valence-electron chi connectivity index (χ4n) is 6.02. The van der Waals surface area contributed by atoms with Crippen LogP contribution >= 0.6 is 0 Å². The molecule has 2 N–H and O–H groups in total. The molecule has 1 fully saturated rings. The lowest BCUT2D eigenvalue weighted by atomic mass is 9.85. The molecule has 4 atom stereocenters. The van der Waals surface area contributed by atoms with Gasteiger partial charge in [0.15, 0.2) is 0 Å². The number of ether oxygens (including phenoxy) is 7. The summed E-state index contributed by atoms with van der Waals surface area (Å²) in [6.07, 6.45) is -0.321. The van der Waals surface area contributed by atoms with E-state index in [2.05, 4.69) is 35.6 Å². The fourth-order valence-corrected chi connectivity index (χ4v) is 6.02. The first-order valence-corrected chi connectivity index (χ1v) is 16.2. The molecular weight excluding hydrogens is 598 g/mol. The van der Waals surface area contributed by atoms with Gasteiger partial charge in [-0.2, -0.15) is 0 Å². The SMILES string of the molecule is COCC(O)CO[C@H]1CNC[C@H](OCc2cc(OC)c3ccccc3c2)C1c1ccc(OCCCOCc2ccccc2OC)cc1. The quantitative estimate of drug-likeness (QED) is 0.136. The molecule has 0 spiro atoms. The highest BCUT2D eigenvalue weighted by molar-refractivity contribution is 5.89. The molecular formula is C38H47NO8. The molecule has 9 nitrogen and oxygen atoms in total. The van der Waals surface area contributed by atoms with Crippen molar-refractivity contribution in [3.05, 3.63) is 102 Å². The van der Waals surface area contributed by atoms with Crippen LogP contribution in [0.5, 0.6) is 17.2 Å². The summed E-state index contributed by atoms with van der Waals surface area (Å²) in [5, 5.41) is 15.9. The van der Waals surface area contributed by atoms with Gasteiger partial charge in [-0.1, -0.05) is 54.6 Å². The number of methoxy groups -OCH3 is 3. The standard InChI is InChI=1S/C38H47NO8/c1-41-25-31(40)26-47-37-22-39-21-36(46-23-27-19-29-9-4-6-11-33(29)35(20-27)43-3)38(37)28-13-15-32(16-14-28)45-18-8-17-44-24-30-10-5-7-12-34(30)42-2/h4-7,9-16,19-20,31,36-40H,8,17-18,21-26H2,1-3H3/t31?,36-,37-,38?/m0/s1. The van der Waals surface area contributed by atoms with E-state index in [0.717, 1.165) is 51.1 Å². The summed E-state index contributed by atoms with van der Waals surface area (Å²) in [5.41, 5.74) is 3.15. The van der Waals surface area contributed by atoms with Gasteiger partial charge in [0.2, 0.25) is 0 Å². The Bertz CT molecular complexity index is 1510. The monoisotopic (exact) mass is 645 g/mol. The van der Waals surface area contributed by atoms with Crippen molar-refractivity contribution >= 4 is 10.8 Å². The summed E-state index contributed by atoms with van der Waals surface area (Å²) in [7, 11) is 4.93. The number of piperidine rings is 1. The van der Waals surface area contributed by atoms with Gasteiger partial charge in [-0.25, -0.2) is 0 Å². The van der Waals surface area contributed by atoms with Gasteiger partial charge in [-0.15, -0.1) is 0 Å². The minimum atomic E-state index is -0.707. The number of hydrogen-bond acceptors (Lipinski definition) is 9. The summed E-state index contributed by atoms with van der Waals surface area (Å²) in [4.78, 5) is 0. The molecule has 0 radical (unpaired) electrons. The summed E-state index contributed by atoms with van der Waals surface area (Å²) in [6, 6.07) is 28.4. The largest absolute Gasteiger partial charge is 0.496 e. The van der Waals surface area contributed by atoms with E-state index in [1.54, 1.807) is 21.3 Å². The van der Waals surface area contributed by atoms with Crippen LogP contribution in [0.4, 0.5) is 0 Å². The van der Waals surface area contributed by atoms with Crippen LogP contribution in [0.1, 0.15) is 29.0 Å². The second-order valence-corrected chi connectivity index (χ2v) is 11.7. The number of rotatable bonds is 18. The van der Waals surface area contributed by atoms with Crippen molar-refractivity contribution in [3.8, 4) is 17.2 Å². The van der Waals surface area contributed by atoms with Crippen LogP contribution in [0.15, 0.2) is 84.9 Å². The summed E-state index contributed by atoms with van der Waals surface area (Å²) < 4.78 is 40.9. The highest BCUT2D eigenvalue weighted by Gasteiger charge is 2.36. The van der Waals surface area contributed by atoms with Crippen molar-refractivity contribution in [2.24, 2.45) is 0 Å². The Morgan fingerprint density at radius 3 is 2.30 bits per heavy atom. The van der Waals surface area contributed by atoms with E-state index in [-0.39, 0.29) is 31.3 Å². The van der Waals surface area contributed by atoms with Gasteiger partial charge in [0, 0.05) is 43.5 Å². The van der Waals surface area contributed by atoms with Crippen molar-refractivity contribution in [2.75, 3.05) is 60.8 Å². The third kappa shape index (κ3) is 9.67. The topological polar surface area (TPSA) is 96.9 Å². The van der Waals surface area contributed by atoms with Crippen LogP contribution in [-0.2, 0) is 32.2 Å². The average molecular weight is 646 g/mol. The Balaban J connectivity index is 1.21. The lowest BCUT2D eigenvalue weighted by Crippen LogP contribution is -2.51. The minimum absolute atomic E-state index is 0.0641. The number of hydrogen-bond donors (Lipinski definition) is 2. The van der Waals surface area contributed by atoms with Crippen molar-refractivity contribution in [1.82, 2.24) is 5.32 Å². The van der Waals surface area contributed by atoms with E-state index in [1.165, 1.54) is 0 Å². The molecule has 2 unspecified atom stereocenters. The first kappa shape index (κ1) is 34.6. The van der Waals surface area contributed by atoms with Gasteiger partial charge in [-0.3, -0.25) is 0 Å². The van der Waals surface area contributed by atoms with E-state index in [4.69, 9.17) is 33.2 Å². The van der Waals surface area contributed by atoms with Crippen molar-refractivity contribution in [2.45, 2.75) is 43.9 Å². The van der Waals surface area contributed by atoms with Crippen LogP contribution in [0, 0.1) is 0 Å². The summed E-state index contributed by atoms with van der Waals surface area (Å²) in [5.74, 6) is 2.39. The average Bonchev–Trinajstić information content (AvgIpc) is 3.11. The number of para-hydroxylation sites is 1. The van der Waals surface area contributed by atoms with E-state index < -0.39 is 6.10 Å². The van der Waals surface area contributed by atoms with Gasteiger partial charge >= 0.3 is 0 Å². The number of aliphatic hydroxyl groups is 1. The van der Waals surface area contributed by atoms with Gasteiger partial charge in [0.1, 0.15) is 23.4 Å². The molecule has 47 heavy (non-hydrogen) atoms. The maximum atomic E-state index is 10.3. The first-order chi connectivity index (χ1) is 23.1. The predicted molar refractivity (Wildman–Crippen MR) is 182 cm³/mol. The third-order valence-electron chi connectivity index (χ3n) is 8.34. The van der Waals surface area contributed by atoms with E-state index >= 15 is 0 Å². The number of fused-ring (bicyclic) bond motifs is 1. The molecule has 1 aliphatic heterocycles. The molecule has 4 aromatic rings. The number of benzene rings is 4. The third-order valence-corrected chi connectivity index (χ3v) is 8.34. The Labute approximate surface area is 277 Å². The zero-order valence-electron chi connectivity index (χ0n) is 27.6. The molecule has 1 heterocycles. The highest BCUT2D eigenvalue weighted by atomic mass is 16.5. The zero-order valence-corrected chi connectivity index (χ0v) is 27.6. The summed E-state index contributed by atoms with van der Waals surface area (Å²) >= 11 is 0. The Hall–Kier alpha value is -3.70. The first-order valence-electron chi connectivity index (χ1n) is 16.2. The predicted octanol–water partition coefficient (Wildman–Crippen LogP) is 5.51. The Kier molecular flexibility index (Phi) is 13.3. The molecule has 9 heteroatoms. The molecule has 1 aliphatic rings. The second-order valence-electron chi connectivity index (χ2n) is 11.7. The van der Waals surface area contributed by atoms with Crippen LogP contribution in [0.2, 0.25) is 0 Å². The van der Waals surface area contributed by atoms with Crippen LogP contribution in [0.3, 0.4) is 0 Å². The molecule has 0 amide bonds. The molecule has 252 valence electrons. The lowest BCUT2D eigenvalue weighted by molar-refractivity contribution is -0.0856. The molecule has 0 saturated carbocycles. The Morgan fingerprint density at radius 1 is 0.766 bits per heavy atom. The lowest BCUT2D eigenvalue weighted by Gasteiger charge is -2.39. The van der Waals surface area contributed by atoms with Crippen molar-refractivity contribution in [3.63, 3.8) is 0 Å².